The lowest BCUT2D eigenvalue weighted by Crippen LogP contribution is -2.15. The van der Waals surface area contributed by atoms with Gasteiger partial charge >= 0.3 is 0 Å². The Morgan fingerprint density at radius 1 is 0.400 bits per heavy atom. The van der Waals surface area contributed by atoms with E-state index in [0.29, 0.717) is 17.6 Å². The fourth-order valence-corrected chi connectivity index (χ4v) is 11.1. The summed E-state index contributed by atoms with van der Waals surface area (Å²) in [6.45, 7) is 4.81. The summed E-state index contributed by atoms with van der Waals surface area (Å²) in [5, 5.41) is 12.4. The summed E-state index contributed by atoms with van der Waals surface area (Å²) in [5.74, 6) is 1.82. The number of hydrogen-bond donors (Lipinski definition) is 0. The molecule has 0 saturated heterocycles. The number of hydrogen-bond acceptors (Lipinski definition) is 4. The number of nitrogens with zero attached hydrogens (tertiary/aromatic N) is 6. The molecule has 0 radical (unpaired) electrons. The monoisotopic (exact) mass is 830 g/mol. The van der Waals surface area contributed by atoms with Crippen LogP contribution in [0.25, 0.3) is 122 Å². The molecule has 0 spiro atoms. The van der Waals surface area contributed by atoms with Gasteiger partial charge in [-0.2, -0.15) is 9.97 Å². The van der Waals surface area contributed by atoms with Crippen LogP contribution in [-0.2, 0) is 5.41 Å². The van der Waals surface area contributed by atoms with Crippen molar-refractivity contribution in [2.75, 3.05) is 0 Å². The van der Waals surface area contributed by atoms with Crippen LogP contribution in [0.3, 0.4) is 0 Å². The summed E-state index contributed by atoms with van der Waals surface area (Å²) in [7, 11) is 0. The van der Waals surface area contributed by atoms with E-state index in [-0.39, 0.29) is 5.41 Å². The van der Waals surface area contributed by atoms with Crippen molar-refractivity contribution < 1.29 is 0 Å². The Labute approximate surface area is 373 Å². The van der Waals surface area contributed by atoms with E-state index in [2.05, 4.69) is 150 Å². The normalized spacial score (nSPS) is 13.2. The Kier molecular flexibility index (Phi) is 7.36. The van der Waals surface area contributed by atoms with Gasteiger partial charge in [-0.05, 0) is 109 Å². The van der Waals surface area contributed by atoms with Gasteiger partial charge in [0.1, 0.15) is 5.65 Å². The van der Waals surface area contributed by atoms with E-state index in [9.17, 15) is 0 Å². The minimum atomic E-state index is -0.279. The third kappa shape index (κ3) is 5.05. The summed E-state index contributed by atoms with van der Waals surface area (Å²) >= 11 is 0. The molecule has 0 amide bonds. The second-order valence-corrected chi connectivity index (χ2v) is 17.8. The van der Waals surface area contributed by atoms with Crippen molar-refractivity contribution in [1.82, 2.24) is 29.1 Å². The van der Waals surface area contributed by atoms with Gasteiger partial charge in [-0.1, -0.05) is 147 Å². The fraction of sp³-hybridized carbons (Fsp3) is 0.0508. The topological polar surface area (TPSA) is 61.4 Å². The molecule has 9 aromatic carbocycles. The molecule has 0 unspecified atom stereocenters. The van der Waals surface area contributed by atoms with Crippen molar-refractivity contribution in [3.05, 3.63) is 205 Å². The molecule has 0 aliphatic heterocycles. The Hall–Kier alpha value is -8.48. The minimum Gasteiger partial charge on any atom is -0.294 e. The number of rotatable bonds is 4. The van der Waals surface area contributed by atoms with Crippen molar-refractivity contribution >= 4 is 76.1 Å². The molecule has 6 heteroatoms. The number of pyridine rings is 1. The van der Waals surface area contributed by atoms with E-state index in [0.717, 1.165) is 55.2 Å². The summed E-state index contributed by atoms with van der Waals surface area (Å²) in [6.07, 6.45) is 1.92. The van der Waals surface area contributed by atoms with Gasteiger partial charge in [0, 0.05) is 50.0 Å². The van der Waals surface area contributed by atoms with Crippen LogP contribution >= 0.6 is 0 Å². The molecule has 0 saturated carbocycles. The van der Waals surface area contributed by atoms with Crippen molar-refractivity contribution in [2.24, 2.45) is 0 Å². The van der Waals surface area contributed by atoms with Gasteiger partial charge in [0.25, 0.3) is 0 Å². The van der Waals surface area contributed by atoms with Crippen LogP contribution in [-0.4, -0.2) is 29.1 Å². The molecule has 0 fully saturated rings. The van der Waals surface area contributed by atoms with Gasteiger partial charge in [-0.3, -0.25) is 9.13 Å². The molecular weight excluding hydrogens is 793 g/mol. The molecule has 304 valence electrons. The molecule has 6 nitrogen and oxygen atoms in total. The fourth-order valence-electron chi connectivity index (χ4n) is 11.1. The van der Waals surface area contributed by atoms with Gasteiger partial charge in [0.2, 0.25) is 5.95 Å². The zero-order valence-corrected chi connectivity index (χ0v) is 35.7. The van der Waals surface area contributed by atoms with Crippen LogP contribution in [0.5, 0.6) is 0 Å². The maximum atomic E-state index is 5.16. The van der Waals surface area contributed by atoms with Gasteiger partial charge in [0.05, 0.1) is 16.6 Å². The number of benzene rings is 9. The maximum absolute atomic E-state index is 5.16. The average molecular weight is 831 g/mol. The predicted octanol–water partition coefficient (Wildman–Crippen LogP) is 14.6. The molecule has 14 rings (SSSR count). The standard InChI is InChI=1S/C59H38N6/c1-59(2)49-34-46-41-23-12-10-21-39(41)38-20-9-11-22-40(38)45(46)33-47(49)43-28-30-52-53(54(43)59)44-25-15-31-60-57(44)64(52)37-27-29-51-48(32-37)42-24-13-14-26-50(42)65(51)58-62-55(35-16-5-3-6-17-35)61-56(63-58)36-18-7-4-8-19-36/h3-34H,1-2H3. The van der Waals surface area contributed by atoms with E-state index in [1.54, 1.807) is 0 Å². The number of aromatic nitrogens is 6. The first kappa shape index (κ1) is 36.0. The van der Waals surface area contributed by atoms with Crippen molar-refractivity contribution in [2.45, 2.75) is 19.3 Å². The first-order valence-corrected chi connectivity index (χ1v) is 22.2. The second kappa shape index (κ2) is 13.3. The highest BCUT2D eigenvalue weighted by atomic mass is 15.2. The number of fused-ring (bicyclic) bond motifs is 16. The minimum absolute atomic E-state index is 0.279. The molecule has 1 aliphatic rings. The Bertz CT molecular complexity index is 4090. The lowest BCUT2D eigenvalue weighted by atomic mass is 9.79. The molecule has 4 heterocycles. The molecule has 0 atom stereocenters. The Morgan fingerprint density at radius 2 is 0.954 bits per heavy atom. The van der Waals surface area contributed by atoms with Gasteiger partial charge in [0.15, 0.2) is 11.6 Å². The van der Waals surface area contributed by atoms with Crippen LogP contribution in [0, 0.1) is 0 Å². The first-order valence-electron chi connectivity index (χ1n) is 22.2. The van der Waals surface area contributed by atoms with Crippen LogP contribution in [0.2, 0.25) is 0 Å². The van der Waals surface area contributed by atoms with Crippen LogP contribution in [0.1, 0.15) is 25.0 Å². The van der Waals surface area contributed by atoms with Gasteiger partial charge in [-0.25, -0.2) is 9.97 Å². The molecule has 0 N–H and O–H groups in total. The van der Waals surface area contributed by atoms with Gasteiger partial charge < -0.3 is 0 Å². The molecule has 0 bridgehead atoms. The smallest absolute Gasteiger partial charge is 0.238 e. The van der Waals surface area contributed by atoms with E-state index in [4.69, 9.17) is 19.9 Å². The van der Waals surface area contributed by atoms with Crippen LogP contribution in [0.4, 0.5) is 0 Å². The molecule has 65 heavy (non-hydrogen) atoms. The molecular formula is C59H38N6. The third-order valence-electron chi connectivity index (χ3n) is 14.0. The third-order valence-corrected chi connectivity index (χ3v) is 14.0. The van der Waals surface area contributed by atoms with Crippen molar-refractivity contribution in [3.8, 4) is 45.5 Å². The highest BCUT2D eigenvalue weighted by Gasteiger charge is 2.39. The largest absolute Gasteiger partial charge is 0.294 e. The van der Waals surface area contributed by atoms with Crippen LogP contribution < -0.4 is 0 Å². The predicted molar refractivity (Wildman–Crippen MR) is 267 cm³/mol. The molecule has 4 aromatic heterocycles. The first-order chi connectivity index (χ1) is 32.0. The van der Waals surface area contributed by atoms with Gasteiger partial charge in [-0.15, -0.1) is 0 Å². The zero-order valence-electron chi connectivity index (χ0n) is 35.7. The van der Waals surface area contributed by atoms with E-state index in [1.165, 1.54) is 60.0 Å². The molecule has 13 aromatic rings. The summed E-state index contributed by atoms with van der Waals surface area (Å²) in [5.41, 5.74) is 12.0. The molecule has 1 aliphatic carbocycles. The zero-order chi connectivity index (χ0) is 43.0. The highest BCUT2D eigenvalue weighted by molar-refractivity contribution is 6.26. The second-order valence-electron chi connectivity index (χ2n) is 17.8. The Morgan fingerprint density at radius 3 is 1.63 bits per heavy atom. The summed E-state index contributed by atoms with van der Waals surface area (Å²) < 4.78 is 4.54. The van der Waals surface area contributed by atoms with Crippen molar-refractivity contribution in [3.63, 3.8) is 0 Å². The summed E-state index contributed by atoms with van der Waals surface area (Å²) in [4.78, 5) is 20.4. The Balaban J connectivity index is 0.994. The highest BCUT2D eigenvalue weighted by Crippen LogP contribution is 2.55. The summed E-state index contributed by atoms with van der Waals surface area (Å²) in [6, 6.07) is 67.3. The van der Waals surface area contributed by atoms with E-state index < -0.39 is 0 Å². The lowest BCUT2D eigenvalue weighted by molar-refractivity contribution is 0.667. The van der Waals surface area contributed by atoms with E-state index >= 15 is 0 Å². The van der Waals surface area contributed by atoms with Crippen LogP contribution in [0.15, 0.2) is 194 Å². The number of para-hydroxylation sites is 1. The quantitative estimate of drug-likeness (QED) is 0.166. The maximum Gasteiger partial charge on any atom is 0.238 e. The van der Waals surface area contributed by atoms with Crippen molar-refractivity contribution in [1.29, 1.82) is 0 Å². The lowest BCUT2D eigenvalue weighted by Gasteiger charge is -2.23. The van der Waals surface area contributed by atoms with E-state index in [1.807, 2.05) is 66.9 Å². The average Bonchev–Trinajstić information content (AvgIpc) is 3.96. The SMILES string of the molecule is CC1(C)c2cc3c4ccccc4c4ccccc4c3cc2-c2ccc3c(c21)c1cccnc1n3-c1ccc2c(c1)c1ccccc1n2-c1nc(-c2ccccc2)nc(-c2ccccc2)n1.